The van der Waals surface area contributed by atoms with Crippen molar-refractivity contribution in [3.63, 3.8) is 0 Å². The Bertz CT molecular complexity index is 727. The Morgan fingerprint density at radius 2 is 1.88 bits per heavy atom. The van der Waals surface area contributed by atoms with Crippen LogP contribution >= 0.6 is 0 Å². The van der Waals surface area contributed by atoms with Gasteiger partial charge in [-0.3, -0.25) is 0 Å². The van der Waals surface area contributed by atoms with Gasteiger partial charge >= 0.3 is 6.18 Å². The molecule has 0 saturated carbocycles. The summed E-state index contributed by atoms with van der Waals surface area (Å²) in [7, 11) is 1.62. The fourth-order valence-corrected chi connectivity index (χ4v) is 3.35. The van der Waals surface area contributed by atoms with Crippen molar-refractivity contribution in [2.24, 2.45) is 5.92 Å². The summed E-state index contributed by atoms with van der Waals surface area (Å²) < 4.78 is 44.6. The molecule has 0 fully saturated rings. The van der Waals surface area contributed by atoms with Crippen LogP contribution in [-0.2, 0) is 12.6 Å². The third-order valence-corrected chi connectivity index (χ3v) is 4.71. The largest absolute Gasteiger partial charge is 0.496 e. The molecule has 0 aromatic heterocycles. The number of halogens is 3. The SMILES string of the molecule is COc1ccccc1C1Cc2cc(C(F)(F)F)ccc2NCC1C. The van der Waals surface area contributed by atoms with E-state index in [4.69, 9.17) is 4.74 Å². The first-order valence-corrected chi connectivity index (χ1v) is 7.97. The van der Waals surface area contributed by atoms with Crippen LogP contribution in [-0.4, -0.2) is 13.7 Å². The van der Waals surface area contributed by atoms with Crippen molar-refractivity contribution >= 4 is 5.69 Å². The number of hydrogen-bond donors (Lipinski definition) is 1. The standard InChI is InChI=1S/C19H20F3NO/c1-12-11-23-17-8-7-14(19(20,21)22)9-13(17)10-16(12)15-5-3-4-6-18(15)24-2/h3-9,12,16,23H,10-11H2,1-2H3. The molecule has 1 N–H and O–H groups in total. The highest BCUT2D eigenvalue weighted by Crippen LogP contribution is 2.40. The van der Waals surface area contributed by atoms with Crippen LogP contribution in [0.2, 0.25) is 0 Å². The lowest BCUT2D eigenvalue weighted by Crippen LogP contribution is -2.17. The summed E-state index contributed by atoms with van der Waals surface area (Å²) in [6, 6.07) is 11.7. The second-order valence-corrected chi connectivity index (χ2v) is 6.28. The van der Waals surface area contributed by atoms with E-state index in [9.17, 15) is 13.2 Å². The van der Waals surface area contributed by atoms with Crippen LogP contribution < -0.4 is 10.1 Å². The minimum atomic E-state index is -4.33. The number of anilines is 1. The lowest BCUT2D eigenvalue weighted by Gasteiger charge is -2.23. The Balaban J connectivity index is 2.02. The predicted octanol–water partition coefficient (Wildman–Crippen LogP) is 5.10. The number of fused-ring (bicyclic) bond motifs is 1. The van der Waals surface area contributed by atoms with Crippen LogP contribution in [0.4, 0.5) is 18.9 Å². The molecule has 2 nitrogen and oxygen atoms in total. The number of benzene rings is 2. The second-order valence-electron chi connectivity index (χ2n) is 6.28. The highest BCUT2D eigenvalue weighted by molar-refractivity contribution is 5.55. The molecule has 128 valence electrons. The summed E-state index contributed by atoms with van der Waals surface area (Å²) in [6.45, 7) is 2.82. The number of alkyl halides is 3. The molecule has 0 aliphatic carbocycles. The van der Waals surface area contributed by atoms with E-state index in [0.717, 1.165) is 23.1 Å². The lowest BCUT2D eigenvalue weighted by atomic mass is 9.82. The molecule has 0 bridgehead atoms. The Morgan fingerprint density at radius 1 is 1.12 bits per heavy atom. The van der Waals surface area contributed by atoms with Gasteiger partial charge < -0.3 is 10.1 Å². The van der Waals surface area contributed by atoms with E-state index >= 15 is 0 Å². The van der Waals surface area contributed by atoms with Crippen molar-refractivity contribution in [3.8, 4) is 5.75 Å². The monoisotopic (exact) mass is 335 g/mol. The van der Waals surface area contributed by atoms with Gasteiger partial charge in [0.1, 0.15) is 5.75 Å². The molecule has 0 spiro atoms. The van der Waals surface area contributed by atoms with Crippen molar-refractivity contribution in [2.75, 3.05) is 19.0 Å². The maximum absolute atomic E-state index is 13.0. The van der Waals surface area contributed by atoms with Crippen molar-refractivity contribution < 1.29 is 17.9 Å². The molecule has 2 aromatic carbocycles. The van der Waals surface area contributed by atoms with E-state index < -0.39 is 11.7 Å². The Hall–Kier alpha value is -2.17. The van der Waals surface area contributed by atoms with Gasteiger partial charge in [0.2, 0.25) is 0 Å². The number of hydrogen-bond acceptors (Lipinski definition) is 2. The molecular weight excluding hydrogens is 315 g/mol. The summed E-state index contributed by atoms with van der Waals surface area (Å²) in [5.41, 5.74) is 1.92. The molecule has 1 aliphatic heterocycles. The van der Waals surface area contributed by atoms with Gasteiger partial charge in [-0.15, -0.1) is 0 Å². The van der Waals surface area contributed by atoms with Gasteiger partial charge in [-0.2, -0.15) is 13.2 Å². The van der Waals surface area contributed by atoms with Crippen LogP contribution in [0, 0.1) is 5.92 Å². The first-order chi connectivity index (χ1) is 11.4. The van der Waals surface area contributed by atoms with Gasteiger partial charge in [0.05, 0.1) is 12.7 Å². The maximum atomic E-state index is 13.0. The van der Waals surface area contributed by atoms with Gasteiger partial charge in [-0.25, -0.2) is 0 Å². The fraction of sp³-hybridized carbons (Fsp3) is 0.368. The van der Waals surface area contributed by atoms with Crippen LogP contribution in [0.3, 0.4) is 0 Å². The average molecular weight is 335 g/mol. The third kappa shape index (κ3) is 3.21. The molecule has 2 unspecified atom stereocenters. The van der Waals surface area contributed by atoms with Gasteiger partial charge in [-0.1, -0.05) is 25.1 Å². The topological polar surface area (TPSA) is 21.3 Å². The minimum Gasteiger partial charge on any atom is -0.496 e. The van der Waals surface area contributed by atoms with E-state index in [0.29, 0.717) is 18.5 Å². The van der Waals surface area contributed by atoms with Gasteiger partial charge in [0, 0.05) is 12.2 Å². The van der Waals surface area contributed by atoms with Crippen LogP contribution in [0.5, 0.6) is 5.75 Å². The number of nitrogens with one attached hydrogen (secondary N) is 1. The third-order valence-electron chi connectivity index (χ3n) is 4.71. The van der Waals surface area contributed by atoms with Gasteiger partial charge in [0.15, 0.2) is 0 Å². The van der Waals surface area contributed by atoms with Crippen molar-refractivity contribution in [3.05, 3.63) is 59.2 Å². The van der Waals surface area contributed by atoms with Crippen molar-refractivity contribution in [2.45, 2.75) is 25.4 Å². The van der Waals surface area contributed by atoms with E-state index in [2.05, 4.69) is 12.2 Å². The van der Waals surface area contributed by atoms with Crippen LogP contribution in [0.25, 0.3) is 0 Å². The molecule has 2 aromatic rings. The van der Waals surface area contributed by atoms with Crippen LogP contribution in [0.15, 0.2) is 42.5 Å². The molecular formula is C19H20F3NO. The molecule has 2 atom stereocenters. The van der Waals surface area contributed by atoms with E-state index in [1.807, 2.05) is 24.3 Å². The molecule has 0 radical (unpaired) electrons. The van der Waals surface area contributed by atoms with Crippen molar-refractivity contribution in [1.29, 1.82) is 0 Å². The normalized spacial score (nSPS) is 20.7. The fourth-order valence-electron chi connectivity index (χ4n) is 3.35. The Kier molecular flexibility index (Phi) is 4.43. The Labute approximate surface area is 139 Å². The number of para-hydroxylation sites is 1. The molecule has 5 heteroatoms. The number of rotatable bonds is 2. The first kappa shape index (κ1) is 16.7. The number of methoxy groups -OCH3 is 1. The molecule has 3 rings (SSSR count). The van der Waals surface area contributed by atoms with Gasteiger partial charge in [-0.05, 0) is 53.6 Å². The highest BCUT2D eigenvalue weighted by Gasteiger charge is 2.33. The summed E-state index contributed by atoms with van der Waals surface area (Å²) in [5.74, 6) is 1.14. The summed E-state index contributed by atoms with van der Waals surface area (Å²) in [6.07, 6.45) is -3.78. The van der Waals surface area contributed by atoms with E-state index in [1.54, 1.807) is 7.11 Å². The van der Waals surface area contributed by atoms with Gasteiger partial charge in [0.25, 0.3) is 0 Å². The first-order valence-electron chi connectivity index (χ1n) is 7.97. The summed E-state index contributed by atoms with van der Waals surface area (Å²) >= 11 is 0. The molecule has 1 aliphatic rings. The summed E-state index contributed by atoms with van der Waals surface area (Å²) in [4.78, 5) is 0. The zero-order chi connectivity index (χ0) is 17.3. The molecule has 0 amide bonds. The predicted molar refractivity (Wildman–Crippen MR) is 88.5 cm³/mol. The minimum absolute atomic E-state index is 0.0957. The molecule has 0 saturated heterocycles. The van der Waals surface area contributed by atoms with Crippen LogP contribution in [0.1, 0.15) is 29.5 Å². The average Bonchev–Trinajstić information content (AvgIpc) is 2.73. The maximum Gasteiger partial charge on any atom is 0.416 e. The quantitative estimate of drug-likeness (QED) is 0.824. The van der Waals surface area contributed by atoms with E-state index in [1.165, 1.54) is 12.1 Å². The zero-order valence-electron chi connectivity index (χ0n) is 13.7. The zero-order valence-corrected chi connectivity index (χ0v) is 13.7. The smallest absolute Gasteiger partial charge is 0.416 e. The van der Waals surface area contributed by atoms with E-state index in [-0.39, 0.29) is 11.8 Å². The second kappa shape index (κ2) is 6.38. The molecule has 1 heterocycles. The number of ether oxygens (including phenoxy) is 1. The Morgan fingerprint density at radius 3 is 2.58 bits per heavy atom. The highest BCUT2D eigenvalue weighted by atomic mass is 19.4. The lowest BCUT2D eigenvalue weighted by molar-refractivity contribution is -0.137. The summed E-state index contributed by atoms with van der Waals surface area (Å²) in [5, 5.41) is 3.28. The van der Waals surface area contributed by atoms with Crippen molar-refractivity contribution in [1.82, 2.24) is 0 Å². The molecule has 24 heavy (non-hydrogen) atoms.